The number of alkyl halides is 3. The Kier molecular flexibility index (Phi) is 6.36. The minimum Gasteiger partial charge on any atom is -0.355 e. The molecule has 1 aliphatic heterocycles. The molecule has 6 nitrogen and oxygen atoms in total. The fourth-order valence-corrected chi connectivity index (χ4v) is 3.98. The minimum absolute atomic E-state index is 0.0436. The van der Waals surface area contributed by atoms with Crippen LogP contribution in [0.15, 0.2) is 55.0 Å². The topological polar surface area (TPSA) is 63.1 Å². The SMILES string of the molecule is O=C(Nc1ccc(Cn2cccn2)cc1)C1CCN(c2ncc(C(F)(F)F)cc2Cl)CC1. The molecule has 0 atom stereocenters. The van der Waals surface area contributed by atoms with E-state index in [2.05, 4.69) is 15.4 Å². The lowest BCUT2D eigenvalue weighted by Gasteiger charge is -2.32. The van der Waals surface area contributed by atoms with Crippen molar-refractivity contribution in [3.63, 3.8) is 0 Å². The Morgan fingerprint density at radius 1 is 1.19 bits per heavy atom. The third kappa shape index (κ3) is 5.21. The number of nitrogens with one attached hydrogen (secondary N) is 1. The number of carbonyl (C=O) groups is 1. The molecule has 3 aromatic rings. The molecule has 0 saturated carbocycles. The smallest absolute Gasteiger partial charge is 0.355 e. The number of aromatic nitrogens is 3. The van der Waals surface area contributed by atoms with Crippen LogP contribution < -0.4 is 10.2 Å². The monoisotopic (exact) mass is 463 g/mol. The van der Waals surface area contributed by atoms with Gasteiger partial charge in [-0.3, -0.25) is 9.48 Å². The molecular formula is C22H21ClF3N5O. The maximum absolute atomic E-state index is 12.8. The number of carbonyl (C=O) groups excluding carboxylic acids is 1. The van der Waals surface area contributed by atoms with Crippen molar-refractivity contribution >= 4 is 29.0 Å². The van der Waals surface area contributed by atoms with E-state index in [1.54, 1.807) is 6.20 Å². The van der Waals surface area contributed by atoms with E-state index in [9.17, 15) is 18.0 Å². The predicted molar refractivity (Wildman–Crippen MR) is 116 cm³/mol. The molecular weight excluding hydrogens is 443 g/mol. The van der Waals surface area contributed by atoms with Gasteiger partial charge in [-0.15, -0.1) is 0 Å². The van der Waals surface area contributed by atoms with Gasteiger partial charge < -0.3 is 10.2 Å². The summed E-state index contributed by atoms with van der Waals surface area (Å²) in [5, 5.41) is 7.07. The third-order valence-electron chi connectivity index (χ3n) is 5.44. The second-order valence-electron chi connectivity index (χ2n) is 7.68. The first-order chi connectivity index (χ1) is 15.3. The first-order valence-electron chi connectivity index (χ1n) is 10.1. The number of hydrogen-bond donors (Lipinski definition) is 1. The molecule has 3 heterocycles. The highest BCUT2D eigenvalue weighted by Gasteiger charge is 2.33. The van der Waals surface area contributed by atoms with Crippen molar-refractivity contribution in [2.75, 3.05) is 23.3 Å². The fourth-order valence-electron chi connectivity index (χ4n) is 3.69. The van der Waals surface area contributed by atoms with Crippen molar-refractivity contribution in [2.45, 2.75) is 25.6 Å². The Labute approximate surface area is 188 Å². The largest absolute Gasteiger partial charge is 0.417 e. The normalized spacial score (nSPS) is 15.1. The molecule has 1 amide bonds. The number of amides is 1. The summed E-state index contributed by atoms with van der Waals surface area (Å²) >= 11 is 6.04. The van der Waals surface area contributed by atoms with Crippen molar-refractivity contribution in [1.29, 1.82) is 0 Å². The number of nitrogens with zero attached hydrogens (tertiary/aromatic N) is 4. The predicted octanol–water partition coefficient (Wildman–Crippen LogP) is 4.85. The number of anilines is 2. The van der Waals surface area contributed by atoms with E-state index in [4.69, 9.17) is 11.6 Å². The van der Waals surface area contributed by atoms with Crippen LogP contribution in [0.5, 0.6) is 0 Å². The van der Waals surface area contributed by atoms with E-state index in [0.717, 1.165) is 17.8 Å². The number of pyridine rings is 1. The lowest BCUT2D eigenvalue weighted by atomic mass is 9.95. The van der Waals surface area contributed by atoms with E-state index in [-0.39, 0.29) is 16.8 Å². The molecule has 0 bridgehead atoms. The van der Waals surface area contributed by atoms with Gasteiger partial charge in [0.1, 0.15) is 5.82 Å². The van der Waals surface area contributed by atoms with Crippen LogP contribution in [0.3, 0.4) is 0 Å². The van der Waals surface area contributed by atoms with E-state index >= 15 is 0 Å². The Morgan fingerprint density at radius 2 is 1.91 bits per heavy atom. The lowest BCUT2D eigenvalue weighted by molar-refractivity contribution is -0.137. The van der Waals surface area contributed by atoms with Crippen molar-refractivity contribution in [1.82, 2.24) is 14.8 Å². The van der Waals surface area contributed by atoms with Crippen LogP contribution >= 0.6 is 11.6 Å². The van der Waals surface area contributed by atoms with Crippen LogP contribution in [0, 0.1) is 5.92 Å². The fraction of sp³-hybridized carbons (Fsp3) is 0.318. The number of benzene rings is 1. The number of piperidine rings is 1. The van der Waals surface area contributed by atoms with Gasteiger partial charge in [0.15, 0.2) is 0 Å². The van der Waals surface area contributed by atoms with Crippen LogP contribution in [0.4, 0.5) is 24.7 Å². The molecule has 1 fully saturated rings. The Bertz CT molecular complexity index is 1060. The first-order valence-corrected chi connectivity index (χ1v) is 10.5. The Balaban J connectivity index is 1.31. The quantitative estimate of drug-likeness (QED) is 0.587. The van der Waals surface area contributed by atoms with Crippen molar-refractivity contribution in [3.05, 3.63) is 71.1 Å². The number of halogens is 4. The maximum Gasteiger partial charge on any atom is 0.417 e. The summed E-state index contributed by atoms with van der Waals surface area (Å²) in [5.74, 6) is 0.0467. The summed E-state index contributed by atoms with van der Waals surface area (Å²) in [4.78, 5) is 18.4. The van der Waals surface area contributed by atoms with Gasteiger partial charge >= 0.3 is 6.18 Å². The van der Waals surface area contributed by atoms with Crippen LogP contribution in [-0.4, -0.2) is 33.8 Å². The molecule has 10 heteroatoms. The molecule has 0 aliphatic carbocycles. The molecule has 1 saturated heterocycles. The third-order valence-corrected chi connectivity index (χ3v) is 5.72. The summed E-state index contributed by atoms with van der Waals surface area (Å²) in [7, 11) is 0. The second-order valence-corrected chi connectivity index (χ2v) is 8.09. The summed E-state index contributed by atoms with van der Waals surface area (Å²) in [6.45, 7) is 1.62. The van der Waals surface area contributed by atoms with Crippen molar-refractivity contribution in [3.8, 4) is 0 Å². The minimum atomic E-state index is -4.49. The number of hydrogen-bond acceptors (Lipinski definition) is 4. The zero-order valence-electron chi connectivity index (χ0n) is 17.0. The van der Waals surface area contributed by atoms with Gasteiger partial charge in [0.2, 0.25) is 5.91 Å². The highest BCUT2D eigenvalue weighted by Crippen LogP contribution is 2.34. The number of rotatable bonds is 5. The molecule has 1 aliphatic rings. The highest BCUT2D eigenvalue weighted by molar-refractivity contribution is 6.33. The maximum atomic E-state index is 12.8. The van der Waals surface area contributed by atoms with Crippen molar-refractivity contribution < 1.29 is 18.0 Å². The average molecular weight is 464 g/mol. The van der Waals surface area contributed by atoms with Crippen molar-refractivity contribution in [2.24, 2.45) is 5.92 Å². The molecule has 0 unspecified atom stereocenters. The van der Waals surface area contributed by atoms with Gasteiger partial charge in [0, 0.05) is 43.3 Å². The summed E-state index contributed by atoms with van der Waals surface area (Å²) < 4.78 is 40.2. The van der Waals surface area contributed by atoms with Crippen LogP contribution in [0.25, 0.3) is 0 Å². The second kappa shape index (κ2) is 9.20. The molecule has 4 rings (SSSR count). The Hall–Kier alpha value is -3.07. The van der Waals surface area contributed by atoms with Gasteiger partial charge in [-0.05, 0) is 42.7 Å². The average Bonchev–Trinajstić information content (AvgIpc) is 3.28. The Morgan fingerprint density at radius 3 is 2.50 bits per heavy atom. The molecule has 2 aromatic heterocycles. The summed E-state index contributed by atoms with van der Waals surface area (Å²) in [6.07, 6.45) is 1.02. The molecule has 0 radical (unpaired) electrons. The summed E-state index contributed by atoms with van der Waals surface area (Å²) in [6, 6.07) is 10.4. The zero-order valence-corrected chi connectivity index (χ0v) is 17.8. The van der Waals surface area contributed by atoms with Gasteiger partial charge in [0.25, 0.3) is 0 Å². The van der Waals surface area contributed by atoms with E-state index in [1.165, 1.54) is 0 Å². The highest BCUT2D eigenvalue weighted by atomic mass is 35.5. The zero-order chi connectivity index (χ0) is 22.7. The van der Waals surface area contributed by atoms with Crippen LogP contribution in [0.2, 0.25) is 5.02 Å². The lowest BCUT2D eigenvalue weighted by Crippen LogP contribution is -2.38. The molecule has 32 heavy (non-hydrogen) atoms. The van der Waals surface area contributed by atoms with Gasteiger partial charge in [-0.2, -0.15) is 18.3 Å². The van der Waals surface area contributed by atoms with E-state index < -0.39 is 11.7 Å². The van der Waals surface area contributed by atoms with Crippen LogP contribution in [0.1, 0.15) is 24.0 Å². The molecule has 168 valence electrons. The van der Waals surface area contributed by atoms with Crippen LogP contribution in [-0.2, 0) is 17.5 Å². The first kappa shape index (κ1) is 22.1. The van der Waals surface area contributed by atoms with Gasteiger partial charge in [-0.1, -0.05) is 23.7 Å². The molecule has 0 spiro atoms. The molecule has 1 N–H and O–H groups in total. The van der Waals surface area contributed by atoms with Gasteiger partial charge in [0.05, 0.1) is 17.1 Å². The standard InChI is InChI=1S/C22H21ClF3N5O/c23-19-12-17(22(24,25)26)13-27-20(19)30-10-6-16(7-11-30)21(32)29-18-4-2-15(3-5-18)14-31-9-1-8-28-31/h1-5,8-9,12-13,16H,6-7,10-11,14H2,(H,29,32). The van der Waals surface area contributed by atoms with E-state index in [0.29, 0.717) is 44.0 Å². The van der Waals surface area contributed by atoms with E-state index in [1.807, 2.05) is 46.1 Å². The van der Waals surface area contributed by atoms with Gasteiger partial charge in [-0.25, -0.2) is 4.98 Å². The summed E-state index contributed by atoms with van der Waals surface area (Å²) in [5.41, 5.74) is 0.908. The molecule has 1 aromatic carbocycles.